The topological polar surface area (TPSA) is 75.4 Å². The Morgan fingerprint density at radius 2 is 2.18 bits per heavy atom. The van der Waals surface area contributed by atoms with Crippen molar-refractivity contribution in [3.8, 4) is 0 Å². The van der Waals surface area contributed by atoms with Gasteiger partial charge in [-0.3, -0.25) is 9.59 Å². The molecule has 1 aliphatic rings. The minimum Gasteiger partial charge on any atom is -0.352 e. The molecule has 17 heavy (non-hydrogen) atoms. The third kappa shape index (κ3) is 2.60. The van der Waals surface area contributed by atoms with Gasteiger partial charge in [0, 0.05) is 13.1 Å². The molecular weight excluding hydrogens is 218 g/mol. The van der Waals surface area contributed by atoms with Gasteiger partial charge in [0.15, 0.2) is 0 Å². The van der Waals surface area contributed by atoms with E-state index in [0.29, 0.717) is 13.1 Å². The summed E-state index contributed by atoms with van der Waals surface area (Å²) in [6, 6.07) is -0.523. The van der Waals surface area contributed by atoms with Crippen molar-refractivity contribution in [1.82, 2.24) is 10.2 Å². The summed E-state index contributed by atoms with van der Waals surface area (Å²) in [5.74, 6) is -0.115. The van der Waals surface area contributed by atoms with Crippen LogP contribution in [0.5, 0.6) is 0 Å². The van der Waals surface area contributed by atoms with Gasteiger partial charge in [-0.2, -0.15) is 0 Å². The molecule has 1 fully saturated rings. The van der Waals surface area contributed by atoms with Gasteiger partial charge in [-0.15, -0.1) is 0 Å². The highest BCUT2D eigenvalue weighted by Gasteiger charge is 2.42. The van der Waals surface area contributed by atoms with Crippen molar-refractivity contribution in [2.45, 2.75) is 45.7 Å². The maximum absolute atomic E-state index is 12.3. The molecule has 2 atom stereocenters. The molecule has 5 nitrogen and oxygen atoms in total. The van der Waals surface area contributed by atoms with Crippen LogP contribution in [0.2, 0.25) is 0 Å². The maximum Gasteiger partial charge on any atom is 0.245 e. The molecule has 2 amide bonds. The minimum absolute atomic E-state index is 0.117. The molecule has 0 radical (unpaired) electrons. The third-order valence-electron chi connectivity index (χ3n) is 3.66. The van der Waals surface area contributed by atoms with E-state index in [9.17, 15) is 9.59 Å². The number of nitrogens with two attached hydrogens (primary N) is 1. The Labute approximate surface area is 103 Å². The number of rotatable bonds is 3. The maximum atomic E-state index is 12.3. The lowest BCUT2D eigenvalue weighted by Gasteiger charge is -2.42. The largest absolute Gasteiger partial charge is 0.352 e. The summed E-state index contributed by atoms with van der Waals surface area (Å²) in [7, 11) is 0. The van der Waals surface area contributed by atoms with E-state index >= 15 is 0 Å². The second-order valence-corrected chi connectivity index (χ2v) is 5.22. The molecule has 0 aromatic heterocycles. The smallest absolute Gasteiger partial charge is 0.245 e. The monoisotopic (exact) mass is 241 g/mol. The number of nitrogens with zero attached hydrogens (tertiary/aromatic N) is 1. The number of carbonyl (C=O) groups is 2. The van der Waals surface area contributed by atoms with Crippen LogP contribution >= 0.6 is 0 Å². The average molecular weight is 241 g/mol. The standard InChI is InChI=1S/C12H23N3O2/c1-5-8(2)9(13)10(16)15-7-6-14-11(17)12(15,3)4/h8-9H,5-7,13H2,1-4H3,(H,14,17). The number of hydrogen-bond donors (Lipinski definition) is 2. The first-order chi connectivity index (χ1) is 7.82. The number of hydrogen-bond acceptors (Lipinski definition) is 3. The Kier molecular flexibility index (Phi) is 4.14. The molecule has 3 N–H and O–H groups in total. The van der Waals surface area contributed by atoms with Crippen LogP contribution in [0.1, 0.15) is 34.1 Å². The van der Waals surface area contributed by atoms with Gasteiger partial charge in [0.1, 0.15) is 5.54 Å². The molecule has 1 saturated heterocycles. The van der Waals surface area contributed by atoms with E-state index in [4.69, 9.17) is 5.73 Å². The predicted molar refractivity (Wildman–Crippen MR) is 66.2 cm³/mol. The molecule has 0 aromatic carbocycles. The molecule has 98 valence electrons. The first-order valence-electron chi connectivity index (χ1n) is 6.17. The van der Waals surface area contributed by atoms with Gasteiger partial charge in [-0.05, 0) is 19.8 Å². The first-order valence-corrected chi connectivity index (χ1v) is 6.17. The summed E-state index contributed by atoms with van der Waals surface area (Å²) in [6.07, 6.45) is 0.855. The highest BCUT2D eigenvalue weighted by Crippen LogP contribution is 2.20. The summed E-state index contributed by atoms with van der Waals surface area (Å²) < 4.78 is 0. The first kappa shape index (κ1) is 14.0. The van der Waals surface area contributed by atoms with Crippen molar-refractivity contribution in [1.29, 1.82) is 0 Å². The second-order valence-electron chi connectivity index (χ2n) is 5.22. The third-order valence-corrected chi connectivity index (χ3v) is 3.66. The lowest BCUT2D eigenvalue weighted by atomic mass is 9.93. The fourth-order valence-electron chi connectivity index (χ4n) is 1.96. The Hall–Kier alpha value is -1.10. The fraction of sp³-hybridized carbons (Fsp3) is 0.833. The zero-order chi connectivity index (χ0) is 13.2. The van der Waals surface area contributed by atoms with Gasteiger partial charge in [-0.25, -0.2) is 0 Å². The van der Waals surface area contributed by atoms with E-state index in [1.807, 2.05) is 13.8 Å². The Morgan fingerprint density at radius 1 is 1.59 bits per heavy atom. The van der Waals surface area contributed by atoms with Gasteiger partial charge < -0.3 is 16.0 Å². The van der Waals surface area contributed by atoms with E-state index in [0.717, 1.165) is 6.42 Å². The molecule has 1 rings (SSSR count). The van der Waals surface area contributed by atoms with Crippen LogP contribution in [0, 0.1) is 5.92 Å². The van der Waals surface area contributed by atoms with Crippen LogP contribution in [0.4, 0.5) is 0 Å². The SMILES string of the molecule is CCC(C)C(N)C(=O)N1CCNC(=O)C1(C)C. The molecule has 2 unspecified atom stereocenters. The van der Waals surface area contributed by atoms with Crippen molar-refractivity contribution in [3.63, 3.8) is 0 Å². The van der Waals surface area contributed by atoms with E-state index in [1.165, 1.54) is 0 Å². The minimum atomic E-state index is -0.805. The highest BCUT2D eigenvalue weighted by molar-refractivity contribution is 5.93. The summed E-state index contributed by atoms with van der Waals surface area (Å²) in [5.41, 5.74) is 5.14. The molecule has 1 aliphatic heterocycles. The van der Waals surface area contributed by atoms with Crippen LogP contribution in [0.3, 0.4) is 0 Å². The number of nitrogens with one attached hydrogen (secondary N) is 1. The van der Waals surface area contributed by atoms with Crippen LogP contribution < -0.4 is 11.1 Å². The van der Waals surface area contributed by atoms with Crippen LogP contribution in [0.15, 0.2) is 0 Å². The van der Waals surface area contributed by atoms with Crippen LogP contribution in [-0.2, 0) is 9.59 Å². The Bertz CT molecular complexity index is 315. The van der Waals surface area contributed by atoms with Gasteiger partial charge in [0.25, 0.3) is 0 Å². The molecule has 0 aliphatic carbocycles. The number of piperazine rings is 1. The predicted octanol–water partition coefficient (Wildman–Crippen LogP) is 0.0968. The van der Waals surface area contributed by atoms with Gasteiger partial charge >= 0.3 is 0 Å². The molecule has 0 aromatic rings. The van der Waals surface area contributed by atoms with Crippen LogP contribution in [-0.4, -0.2) is 41.4 Å². The van der Waals surface area contributed by atoms with Crippen molar-refractivity contribution in [2.24, 2.45) is 11.7 Å². The van der Waals surface area contributed by atoms with Crippen molar-refractivity contribution in [2.75, 3.05) is 13.1 Å². The summed E-state index contributed by atoms with van der Waals surface area (Å²) in [6.45, 7) is 8.50. The molecule has 5 heteroatoms. The normalized spacial score (nSPS) is 22.9. The van der Waals surface area contributed by atoms with E-state index in [-0.39, 0.29) is 17.7 Å². The van der Waals surface area contributed by atoms with E-state index in [1.54, 1.807) is 18.7 Å². The van der Waals surface area contributed by atoms with Crippen molar-refractivity contribution >= 4 is 11.8 Å². The van der Waals surface area contributed by atoms with E-state index in [2.05, 4.69) is 5.32 Å². The van der Waals surface area contributed by atoms with Gasteiger partial charge in [0.2, 0.25) is 11.8 Å². The molecule has 0 saturated carbocycles. The summed E-state index contributed by atoms with van der Waals surface area (Å²) in [5, 5.41) is 2.77. The summed E-state index contributed by atoms with van der Waals surface area (Å²) >= 11 is 0. The fourth-order valence-corrected chi connectivity index (χ4v) is 1.96. The van der Waals surface area contributed by atoms with Crippen molar-refractivity contribution in [3.05, 3.63) is 0 Å². The number of amides is 2. The van der Waals surface area contributed by atoms with E-state index < -0.39 is 11.6 Å². The molecular formula is C12H23N3O2. The zero-order valence-corrected chi connectivity index (χ0v) is 11.1. The van der Waals surface area contributed by atoms with Gasteiger partial charge in [0.05, 0.1) is 6.04 Å². The van der Waals surface area contributed by atoms with Gasteiger partial charge in [-0.1, -0.05) is 20.3 Å². The van der Waals surface area contributed by atoms with Crippen LogP contribution in [0.25, 0.3) is 0 Å². The molecule has 1 heterocycles. The highest BCUT2D eigenvalue weighted by atomic mass is 16.2. The second kappa shape index (κ2) is 5.04. The quantitative estimate of drug-likeness (QED) is 0.735. The zero-order valence-electron chi connectivity index (χ0n) is 11.1. The van der Waals surface area contributed by atoms with Crippen molar-refractivity contribution < 1.29 is 9.59 Å². The Morgan fingerprint density at radius 3 is 2.71 bits per heavy atom. The molecule has 0 spiro atoms. The molecule has 0 bridgehead atoms. The number of carbonyl (C=O) groups excluding carboxylic acids is 2. The lowest BCUT2D eigenvalue weighted by Crippen LogP contribution is -2.66. The lowest BCUT2D eigenvalue weighted by molar-refractivity contribution is -0.150. The Balaban J connectivity index is 2.84. The summed E-state index contributed by atoms with van der Waals surface area (Å²) in [4.78, 5) is 25.6. The average Bonchev–Trinajstić information content (AvgIpc) is 2.29.